The second-order valence-electron chi connectivity index (χ2n) is 4.39. The summed E-state index contributed by atoms with van der Waals surface area (Å²) in [7, 11) is 0. The van der Waals surface area contributed by atoms with Crippen LogP contribution in [0.3, 0.4) is 0 Å². The van der Waals surface area contributed by atoms with Crippen LogP contribution < -0.4 is 5.32 Å². The minimum atomic E-state index is -0.0416. The van der Waals surface area contributed by atoms with Crippen molar-refractivity contribution in [3.63, 3.8) is 0 Å². The number of thioether (sulfide) groups is 1. The van der Waals surface area contributed by atoms with Gasteiger partial charge in [-0.05, 0) is 36.8 Å². The van der Waals surface area contributed by atoms with E-state index >= 15 is 0 Å². The Bertz CT molecular complexity index is 608. The molecule has 0 aliphatic heterocycles. The van der Waals surface area contributed by atoms with Gasteiger partial charge in [0.1, 0.15) is 6.29 Å². The van der Waals surface area contributed by atoms with Crippen molar-refractivity contribution in [3.05, 3.63) is 59.7 Å². The number of nitrogens with one attached hydrogen (secondary N) is 1. The Morgan fingerprint density at radius 2 is 1.95 bits per heavy atom. The molecule has 0 aliphatic carbocycles. The first-order valence-corrected chi connectivity index (χ1v) is 7.20. The monoisotopic (exact) mass is 285 g/mol. The third kappa shape index (κ3) is 4.24. The van der Waals surface area contributed by atoms with E-state index in [1.165, 1.54) is 11.8 Å². The number of hydrogen-bond donors (Lipinski definition) is 1. The molecule has 2 aromatic carbocycles. The minimum Gasteiger partial charge on any atom is -0.325 e. The predicted molar refractivity (Wildman–Crippen MR) is 82.4 cm³/mol. The summed E-state index contributed by atoms with van der Waals surface area (Å²) in [5.74, 6) is 0.300. The maximum Gasteiger partial charge on any atom is 0.234 e. The molecular weight excluding hydrogens is 270 g/mol. The van der Waals surface area contributed by atoms with E-state index < -0.39 is 0 Å². The molecule has 1 amide bonds. The molecule has 20 heavy (non-hydrogen) atoms. The molecule has 0 radical (unpaired) electrons. The summed E-state index contributed by atoms with van der Waals surface area (Å²) in [4.78, 5) is 23.3. The molecule has 3 nitrogen and oxygen atoms in total. The van der Waals surface area contributed by atoms with Gasteiger partial charge in [-0.15, -0.1) is 11.8 Å². The van der Waals surface area contributed by atoms with E-state index in [0.29, 0.717) is 11.3 Å². The molecule has 4 heteroatoms. The van der Waals surface area contributed by atoms with Crippen molar-refractivity contribution in [1.82, 2.24) is 0 Å². The summed E-state index contributed by atoms with van der Waals surface area (Å²) in [6.07, 6.45) is 0.804. The quantitative estimate of drug-likeness (QED) is 0.675. The number of aldehydes is 1. The van der Waals surface area contributed by atoms with Crippen molar-refractivity contribution in [2.45, 2.75) is 11.8 Å². The average molecular weight is 285 g/mol. The number of hydrogen-bond acceptors (Lipinski definition) is 3. The van der Waals surface area contributed by atoms with Crippen LogP contribution in [0, 0.1) is 6.92 Å². The topological polar surface area (TPSA) is 46.2 Å². The van der Waals surface area contributed by atoms with Gasteiger partial charge in [-0.1, -0.05) is 24.3 Å². The standard InChI is InChI=1S/C16H15NO2S/c1-12-3-2-4-14(9-12)17-16(19)11-20-15-7-5-13(10-18)6-8-15/h2-10H,11H2,1H3,(H,17,19). The van der Waals surface area contributed by atoms with E-state index in [2.05, 4.69) is 5.32 Å². The minimum absolute atomic E-state index is 0.0416. The van der Waals surface area contributed by atoms with Crippen molar-refractivity contribution in [3.8, 4) is 0 Å². The van der Waals surface area contributed by atoms with Crippen molar-refractivity contribution < 1.29 is 9.59 Å². The highest BCUT2D eigenvalue weighted by molar-refractivity contribution is 8.00. The van der Waals surface area contributed by atoms with Gasteiger partial charge in [0.15, 0.2) is 0 Å². The second-order valence-corrected chi connectivity index (χ2v) is 5.44. The van der Waals surface area contributed by atoms with Crippen LogP contribution in [0.1, 0.15) is 15.9 Å². The lowest BCUT2D eigenvalue weighted by Crippen LogP contribution is -2.13. The van der Waals surface area contributed by atoms with Crippen molar-refractivity contribution in [1.29, 1.82) is 0 Å². The highest BCUT2D eigenvalue weighted by Gasteiger charge is 2.04. The van der Waals surface area contributed by atoms with Gasteiger partial charge >= 0.3 is 0 Å². The Hall–Kier alpha value is -2.07. The van der Waals surface area contributed by atoms with E-state index in [-0.39, 0.29) is 5.91 Å². The molecule has 0 bridgehead atoms. The number of benzene rings is 2. The molecule has 0 saturated carbocycles. The highest BCUT2D eigenvalue weighted by Crippen LogP contribution is 2.18. The van der Waals surface area contributed by atoms with Gasteiger partial charge in [-0.2, -0.15) is 0 Å². The number of aryl methyl sites for hydroxylation is 1. The maximum absolute atomic E-state index is 11.8. The van der Waals surface area contributed by atoms with E-state index in [1.54, 1.807) is 12.1 Å². The van der Waals surface area contributed by atoms with Gasteiger partial charge in [0, 0.05) is 16.1 Å². The van der Waals surface area contributed by atoms with Crippen LogP contribution in [0.5, 0.6) is 0 Å². The maximum atomic E-state index is 11.8. The molecule has 0 aromatic heterocycles. The zero-order valence-electron chi connectivity index (χ0n) is 11.1. The van der Waals surface area contributed by atoms with Crippen LogP contribution in [-0.4, -0.2) is 17.9 Å². The number of anilines is 1. The molecule has 2 rings (SSSR count). The normalized spacial score (nSPS) is 10.1. The first-order chi connectivity index (χ1) is 9.67. The fourth-order valence-electron chi connectivity index (χ4n) is 1.71. The lowest BCUT2D eigenvalue weighted by Gasteiger charge is -2.06. The largest absolute Gasteiger partial charge is 0.325 e. The third-order valence-electron chi connectivity index (χ3n) is 2.69. The molecule has 0 atom stereocenters. The molecule has 0 heterocycles. The van der Waals surface area contributed by atoms with Crippen LogP contribution in [0.4, 0.5) is 5.69 Å². The smallest absolute Gasteiger partial charge is 0.234 e. The molecule has 102 valence electrons. The van der Waals surface area contributed by atoms with Crippen molar-refractivity contribution in [2.75, 3.05) is 11.1 Å². The van der Waals surface area contributed by atoms with Gasteiger partial charge in [0.2, 0.25) is 5.91 Å². The molecule has 1 N–H and O–H groups in total. The van der Waals surface area contributed by atoms with Crippen LogP contribution in [0.15, 0.2) is 53.4 Å². The Labute approximate surface area is 122 Å². The van der Waals surface area contributed by atoms with Gasteiger partial charge < -0.3 is 5.32 Å². The van der Waals surface area contributed by atoms with E-state index in [1.807, 2.05) is 43.3 Å². The zero-order chi connectivity index (χ0) is 14.4. The number of carbonyl (C=O) groups is 2. The van der Waals surface area contributed by atoms with E-state index in [9.17, 15) is 9.59 Å². The van der Waals surface area contributed by atoms with Gasteiger partial charge in [-0.25, -0.2) is 0 Å². The summed E-state index contributed by atoms with van der Waals surface area (Å²) in [6, 6.07) is 14.9. The van der Waals surface area contributed by atoms with Crippen molar-refractivity contribution in [2.24, 2.45) is 0 Å². The highest BCUT2D eigenvalue weighted by atomic mass is 32.2. The van der Waals surface area contributed by atoms with Gasteiger partial charge in [0.05, 0.1) is 5.75 Å². The van der Waals surface area contributed by atoms with Crippen LogP contribution >= 0.6 is 11.8 Å². The molecule has 2 aromatic rings. The molecule has 0 unspecified atom stereocenters. The number of carbonyl (C=O) groups excluding carboxylic acids is 2. The molecule has 0 fully saturated rings. The lowest BCUT2D eigenvalue weighted by molar-refractivity contribution is -0.113. The molecule has 0 aliphatic rings. The molecule has 0 spiro atoms. The lowest BCUT2D eigenvalue weighted by atomic mass is 10.2. The Morgan fingerprint density at radius 1 is 1.20 bits per heavy atom. The van der Waals surface area contributed by atoms with E-state index in [4.69, 9.17) is 0 Å². The predicted octanol–water partition coefficient (Wildman–Crippen LogP) is 3.54. The second kappa shape index (κ2) is 6.91. The van der Waals surface area contributed by atoms with Crippen molar-refractivity contribution >= 4 is 29.6 Å². The van der Waals surface area contributed by atoms with Gasteiger partial charge in [-0.3, -0.25) is 9.59 Å². The van der Waals surface area contributed by atoms with Crippen LogP contribution in [0.2, 0.25) is 0 Å². The Balaban J connectivity index is 1.87. The summed E-state index contributed by atoms with van der Waals surface area (Å²) in [5.41, 5.74) is 2.56. The van der Waals surface area contributed by atoms with Crippen LogP contribution in [-0.2, 0) is 4.79 Å². The molecule has 0 saturated heterocycles. The summed E-state index contributed by atoms with van der Waals surface area (Å²) < 4.78 is 0. The zero-order valence-corrected chi connectivity index (χ0v) is 11.9. The van der Waals surface area contributed by atoms with Crippen LogP contribution in [0.25, 0.3) is 0 Å². The number of rotatable bonds is 5. The first kappa shape index (κ1) is 14.3. The Morgan fingerprint density at radius 3 is 2.60 bits per heavy atom. The molecular formula is C16H15NO2S. The first-order valence-electron chi connectivity index (χ1n) is 6.22. The third-order valence-corrected chi connectivity index (χ3v) is 3.70. The van der Waals surface area contributed by atoms with Gasteiger partial charge in [0.25, 0.3) is 0 Å². The van der Waals surface area contributed by atoms with E-state index in [0.717, 1.165) is 22.4 Å². The summed E-state index contributed by atoms with van der Waals surface area (Å²) in [6.45, 7) is 1.99. The fraction of sp³-hybridized carbons (Fsp3) is 0.125. The SMILES string of the molecule is Cc1cccc(NC(=O)CSc2ccc(C=O)cc2)c1. The summed E-state index contributed by atoms with van der Waals surface area (Å²) >= 11 is 1.44. The number of amides is 1. The fourth-order valence-corrected chi connectivity index (χ4v) is 2.41. The Kier molecular flexibility index (Phi) is 4.96. The summed E-state index contributed by atoms with van der Waals surface area (Å²) in [5, 5.41) is 2.86. The average Bonchev–Trinajstić information content (AvgIpc) is 2.46.